The minimum atomic E-state index is -4.50. The maximum Gasteiger partial charge on any atom is 0.416 e. The lowest BCUT2D eigenvalue weighted by atomic mass is 10.1. The van der Waals surface area contributed by atoms with Gasteiger partial charge < -0.3 is 19.9 Å². The molecular formula is C26H22F4N4O2. The van der Waals surface area contributed by atoms with E-state index in [1.165, 1.54) is 30.3 Å². The lowest BCUT2D eigenvalue weighted by Crippen LogP contribution is -2.56. The van der Waals surface area contributed by atoms with Crippen LogP contribution in [0.1, 0.15) is 18.1 Å². The number of nitrogens with one attached hydrogen (secondary N) is 1. The SMILES string of the molecule is CC1CN(C2=Nc3ccc(C(F)(F)F)cc3Oc3ccccc32)CCN1C(=O)Nc1ccc(F)cc1. The molecule has 1 N–H and O–H groups in total. The summed E-state index contributed by atoms with van der Waals surface area (Å²) in [5.41, 5.74) is 0.619. The first-order chi connectivity index (χ1) is 17.2. The second kappa shape index (κ2) is 9.18. The van der Waals surface area contributed by atoms with Crippen LogP contribution in [0.3, 0.4) is 0 Å². The van der Waals surface area contributed by atoms with Crippen molar-refractivity contribution in [3.63, 3.8) is 0 Å². The van der Waals surface area contributed by atoms with Gasteiger partial charge in [0, 0.05) is 31.4 Å². The van der Waals surface area contributed by atoms with Crippen molar-refractivity contribution in [3.8, 4) is 11.5 Å². The Morgan fingerprint density at radius 2 is 1.78 bits per heavy atom. The van der Waals surface area contributed by atoms with Crippen molar-refractivity contribution < 1.29 is 27.1 Å². The summed E-state index contributed by atoms with van der Waals surface area (Å²) in [5, 5.41) is 2.78. The van der Waals surface area contributed by atoms with Gasteiger partial charge in [-0.2, -0.15) is 13.2 Å². The molecule has 3 aromatic rings. The molecule has 1 atom stereocenters. The van der Waals surface area contributed by atoms with E-state index in [1.54, 1.807) is 17.0 Å². The molecular weight excluding hydrogens is 476 g/mol. The number of para-hydroxylation sites is 1. The van der Waals surface area contributed by atoms with Gasteiger partial charge in [-0.1, -0.05) is 12.1 Å². The Bertz CT molecular complexity index is 1320. The fourth-order valence-corrected chi connectivity index (χ4v) is 4.32. The highest BCUT2D eigenvalue weighted by molar-refractivity contribution is 6.04. The first-order valence-electron chi connectivity index (χ1n) is 11.3. The Kier molecular flexibility index (Phi) is 6.03. The molecule has 0 spiro atoms. The third-order valence-corrected chi connectivity index (χ3v) is 6.14. The predicted molar refractivity (Wildman–Crippen MR) is 127 cm³/mol. The van der Waals surface area contributed by atoms with E-state index in [0.717, 1.165) is 12.1 Å². The summed E-state index contributed by atoms with van der Waals surface area (Å²) in [4.78, 5) is 21.2. The van der Waals surface area contributed by atoms with Gasteiger partial charge in [0.15, 0.2) is 5.75 Å². The highest BCUT2D eigenvalue weighted by Crippen LogP contribution is 2.42. The fraction of sp³-hybridized carbons (Fsp3) is 0.231. The molecule has 6 nitrogen and oxygen atoms in total. The zero-order valence-corrected chi connectivity index (χ0v) is 19.2. The number of carbonyl (C=O) groups excluding carboxylic acids is 1. The van der Waals surface area contributed by atoms with E-state index < -0.39 is 11.7 Å². The Labute approximate surface area is 204 Å². The number of anilines is 1. The van der Waals surface area contributed by atoms with Gasteiger partial charge in [0.2, 0.25) is 0 Å². The molecule has 0 radical (unpaired) electrons. The van der Waals surface area contributed by atoms with Crippen LogP contribution in [0, 0.1) is 5.82 Å². The number of hydrogen-bond donors (Lipinski definition) is 1. The van der Waals surface area contributed by atoms with E-state index in [0.29, 0.717) is 48.2 Å². The highest BCUT2D eigenvalue weighted by atomic mass is 19.4. The Morgan fingerprint density at radius 1 is 1.03 bits per heavy atom. The molecule has 0 bridgehead atoms. The van der Waals surface area contributed by atoms with Crippen molar-refractivity contribution in [2.45, 2.75) is 19.1 Å². The Hall–Kier alpha value is -4.08. The Balaban J connectivity index is 1.40. The first-order valence-corrected chi connectivity index (χ1v) is 11.3. The van der Waals surface area contributed by atoms with E-state index in [2.05, 4.69) is 5.32 Å². The van der Waals surface area contributed by atoms with Crippen molar-refractivity contribution in [3.05, 3.63) is 83.7 Å². The number of urea groups is 1. The third kappa shape index (κ3) is 4.71. The summed E-state index contributed by atoms with van der Waals surface area (Å²) in [6, 6.07) is 15.3. The van der Waals surface area contributed by atoms with Crippen LogP contribution in [-0.2, 0) is 6.18 Å². The molecule has 0 aliphatic carbocycles. The zero-order chi connectivity index (χ0) is 25.4. The number of nitrogens with zero attached hydrogens (tertiary/aromatic N) is 3. The lowest BCUT2D eigenvalue weighted by Gasteiger charge is -2.41. The van der Waals surface area contributed by atoms with Gasteiger partial charge in [-0.15, -0.1) is 0 Å². The Morgan fingerprint density at radius 3 is 2.50 bits per heavy atom. The summed E-state index contributed by atoms with van der Waals surface area (Å²) in [6.45, 7) is 3.18. The molecule has 1 fully saturated rings. The smallest absolute Gasteiger partial charge is 0.416 e. The van der Waals surface area contributed by atoms with Crippen molar-refractivity contribution in [2.24, 2.45) is 4.99 Å². The van der Waals surface area contributed by atoms with Gasteiger partial charge in [-0.25, -0.2) is 14.2 Å². The second-order valence-corrected chi connectivity index (χ2v) is 8.64. The lowest BCUT2D eigenvalue weighted by molar-refractivity contribution is -0.137. The van der Waals surface area contributed by atoms with Crippen LogP contribution in [0.15, 0.2) is 71.7 Å². The van der Waals surface area contributed by atoms with Crippen LogP contribution in [0.2, 0.25) is 0 Å². The van der Waals surface area contributed by atoms with Crippen LogP contribution in [-0.4, -0.2) is 47.3 Å². The molecule has 0 aromatic heterocycles. The molecule has 10 heteroatoms. The van der Waals surface area contributed by atoms with Crippen LogP contribution >= 0.6 is 0 Å². The largest absolute Gasteiger partial charge is 0.454 e. The number of rotatable bonds is 1. The van der Waals surface area contributed by atoms with Crippen LogP contribution in [0.25, 0.3) is 0 Å². The third-order valence-electron chi connectivity index (χ3n) is 6.14. The maximum atomic E-state index is 13.3. The summed E-state index contributed by atoms with van der Waals surface area (Å²) in [5.74, 6) is 0.602. The summed E-state index contributed by atoms with van der Waals surface area (Å²) in [6.07, 6.45) is -4.50. The quantitative estimate of drug-likeness (QED) is 0.403. The topological polar surface area (TPSA) is 57.2 Å². The number of amidine groups is 1. The number of amides is 2. The van der Waals surface area contributed by atoms with E-state index >= 15 is 0 Å². The van der Waals surface area contributed by atoms with Gasteiger partial charge in [-0.05, 0) is 61.5 Å². The van der Waals surface area contributed by atoms with Gasteiger partial charge in [0.05, 0.1) is 11.1 Å². The number of benzene rings is 3. The molecule has 1 unspecified atom stereocenters. The number of fused-ring (bicyclic) bond motifs is 2. The average molecular weight is 498 g/mol. The molecule has 1 saturated heterocycles. The van der Waals surface area contributed by atoms with Crippen molar-refractivity contribution in [1.82, 2.24) is 9.80 Å². The fourth-order valence-electron chi connectivity index (χ4n) is 4.32. The van der Waals surface area contributed by atoms with Crippen LogP contribution in [0.4, 0.5) is 33.7 Å². The summed E-state index contributed by atoms with van der Waals surface area (Å²) in [7, 11) is 0. The maximum absolute atomic E-state index is 13.3. The monoisotopic (exact) mass is 498 g/mol. The second-order valence-electron chi connectivity index (χ2n) is 8.64. The van der Waals surface area contributed by atoms with Gasteiger partial charge in [0.25, 0.3) is 0 Å². The molecule has 2 heterocycles. The number of aliphatic imine (C=N–C) groups is 1. The van der Waals surface area contributed by atoms with E-state index in [4.69, 9.17) is 9.73 Å². The van der Waals surface area contributed by atoms with Gasteiger partial charge in [-0.3, -0.25) is 0 Å². The standard InChI is InChI=1S/C26H22F4N4O2/c1-16-15-33(12-13-34(16)25(35)31-19-9-7-18(27)8-10-19)24-20-4-2-3-5-22(20)36-23-14-17(26(28,29)30)6-11-21(23)32-24/h2-11,14,16H,12-13,15H2,1H3,(H,31,35). The van der Waals surface area contributed by atoms with E-state index in [-0.39, 0.29) is 23.6 Å². The van der Waals surface area contributed by atoms with Crippen molar-refractivity contribution >= 4 is 23.2 Å². The van der Waals surface area contributed by atoms with E-state index in [9.17, 15) is 22.4 Å². The number of piperazine rings is 1. The molecule has 2 aliphatic rings. The number of hydrogen-bond acceptors (Lipinski definition) is 4. The average Bonchev–Trinajstić information content (AvgIpc) is 3.01. The number of halogens is 4. The number of carbonyl (C=O) groups is 1. The van der Waals surface area contributed by atoms with Crippen molar-refractivity contribution in [1.29, 1.82) is 0 Å². The van der Waals surface area contributed by atoms with E-state index in [1.807, 2.05) is 24.0 Å². The normalized spacial score (nSPS) is 17.4. The molecule has 2 aliphatic heterocycles. The summed E-state index contributed by atoms with van der Waals surface area (Å²) < 4.78 is 58.8. The first kappa shape index (κ1) is 23.7. The van der Waals surface area contributed by atoms with Gasteiger partial charge in [0.1, 0.15) is 23.1 Å². The number of ether oxygens (including phenoxy) is 1. The molecule has 3 aromatic carbocycles. The summed E-state index contributed by atoms with van der Waals surface area (Å²) >= 11 is 0. The van der Waals surface area contributed by atoms with Crippen LogP contribution in [0.5, 0.6) is 11.5 Å². The van der Waals surface area contributed by atoms with Crippen LogP contribution < -0.4 is 10.1 Å². The minimum absolute atomic E-state index is 0.0256. The molecule has 186 valence electrons. The zero-order valence-electron chi connectivity index (χ0n) is 19.2. The predicted octanol–water partition coefficient (Wildman–Crippen LogP) is 6.27. The molecule has 2 amide bonds. The molecule has 0 saturated carbocycles. The molecule has 36 heavy (non-hydrogen) atoms. The van der Waals surface area contributed by atoms with Gasteiger partial charge >= 0.3 is 12.2 Å². The minimum Gasteiger partial charge on any atom is -0.454 e. The highest BCUT2D eigenvalue weighted by Gasteiger charge is 2.34. The molecule has 5 rings (SSSR count). The van der Waals surface area contributed by atoms with Crippen molar-refractivity contribution in [2.75, 3.05) is 25.0 Å². The number of alkyl halides is 3.